The summed E-state index contributed by atoms with van der Waals surface area (Å²) in [6, 6.07) is 32.5. The molecule has 0 aliphatic heterocycles. The van der Waals surface area contributed by atoms with Gasteiger partial charge in [-0.1, -0.05) is 111 Å². The van der Waals surface area contributed by atoms with Gasteiger partial charge in [0.1, 0.15) is 22.0 Å². The highest BCUT2D eigenvalue weighted by atomic mass is 35.5. The fourth-order valence-electron chi connectivity index (χ4n) is 6.32. The predicted molar refractivity (Wildman–Crippen MR) is 221 cm³/mol. The standard InChI is InChI=1S/C43H38Cl2N4O3S2/c1-43(2,3)29-20-21-32-33(25-46)42(54-36(32)23-29)49-41(52)38(26-12-6-4-7-13-26)53-31-18-11-17-30(24-31)47-40(51)35(22-28-16-10-19-34(44)37(28)45)48-39(50)27-14-8-5-9-15-27/h4-19,22,24,29,38H,20-21,23H2,1-3H3,(H,47,51)(H,48,50)(H,49,52)/b35-22+. The van der Waals surface area contributed by atoms with Crippen LogP contribution in [0.3, 0.4) is 0 Å². The second kappa shape index (κ2) is 17.1. The number of carbonyl (C=O) groups is 3. The van der Waals surface area contributed by atoms with Gasteiger partial charge in [0.25, 0.3) is 11.8 Å². The van der Waals surface area contributed by atoms with Gasteiger partial charge in [-0.3, -0.25) is 14.4 Å². The fourth-order valence-corrected chi connectivity index (χ4v) is 9.05. The molecule has 11 heteroatoms. The minimum Gasteiger partial charge on any atom is -0.321 e. The second-order valence-corrected chi connectivity index (χ2v) is 17.1. The molecular formula is C43H38Cl2N4O3S2. The number of nitriles is 1. The smallest absolute Gasteiger partial charge is 0.272 e. The Morgan fingerprint density at radius 2 is 1.63 bits per heavy atom. The van der Waals surface area contributed by atoms with Crippen LogP contribution in [0, 0.1) is 22.7 Å². The molecule has 7 nitrogen and oxygen atoms in total. The van der Waals surface area contributed by atoms with Crippen molar-refractivity contribution in [3.05, 3.63) is 152 Å². The number of hydrogen-bond donors (Lipinski definition) is 3. The molecule has 3 N–H and O–H groups in total. The van der Waals surface area contributed by atoms with Crippen LogP contribution in [0.15, 0.2) is 114 Å². The quantitative estimate of drug-likeness (QED) is 0.0963. The van der Waals surface area contributed by atoms with Crippen LogP contribution in [-0.2, 0) is 22.4 Å². The van der Waals surface area contributed by atoms with Crippen molar-refractivity contribution < 1.29 is 14.4 Å². The molecule has 1 aliphatic rings. The minimum atomic E-state index is -0.671. The molecule has 0 saturated heterocycles. The first-order valence-electron chi connectivity index (χ1n) is 17.4. The van der Waals surface area contributed by atoms with Crippen molar-refractivity contribution in [1.82, 2.24) is 5.32 Å². The molecule has 2 atom stereocenters. The first-order chi connectivity index (χ1) is 25.9. The van der Waals surface area contributed by atoms with Gasteiger partial charge in [0.15, 0.2) is 0 Å². The zero-order chi connectivity index (χ0) is 38.4. The molecule has 274 valence electrons. The van der Waals surface area contributed by atoms with E-state index in [1.54, 1.807) is 66.7 Å². The van der Waals surface area contributed by atoms with E-state index in [9.17, 15) is 19.6 Å². The van der Waals surface area contributed by atoms with Crippen molar-refractivity contribution >= 4 is 80.8 Å². The first-order valence-corrected chi connectivity index (χ1v) is 19.9. The van der Waals surface area contributed by atoms with Gasteiger partial charge in [-0.05, 0) is 89.8 Å². The van der Waals surface area contributed by atoms with Crippen molar-refractivity contribution in [3.8, 4) is 6.07 Å². The van der Waals surface area contributed by atoms with Gasteiger partial charge < -0.3 is 16.0 Å². The normalized spacial score (nSPS) is 14.7. The summed E-state index contributed by atoms with van der Waals surface area (Å²) in [6.45, 7) is 6.76. The third-order valence-corrected chi connectivity index (χ3v) is 12.6. The number of benzene rings is 4. The molecule has 1 aromatic heterocycles. The fraction of sp³-hybridized carbons (Fsp3) is 0.209. The van der Waals surface area contributed by atoms with Crippen molar-refractivity contribution in [2.24, 2.45) is 11.3 Å². The summed E-state index contributed by atoms with van der Waals surface area (Å²) in [5.74, 6) is -0.818. The molecule has 1 heterocycles. The molecule has 6 rings (SSSR count). The van der Waals surface area contributed by atoms with Crippen LogP contribution < -0.4 is 16.0 Å². The van der Waals surface area contributed by atoms with E-state index in [0.717, 1.165) is 30.4 Å². The number of carbonyl (C=O) groups excluding carboxylic acids is 3. The highest BCUT2D eigenvalue weighted by Crippen LogP contribution is 2.45. The molecule has 54 heavy (non-hydrogen) atoms. The van der Waals surface area contributed by atoms with Crippen molar-refractivity contribution in [2.45, 2.75) is 50.2 Å². The summed E-state index contributed by atoms with van der Waals surface area (Å²) in [7, 11) is 0. The van der Waals surface area contributed by atoms with Crippen molar-refractivity contribution in [1.29, 1.82) is 5.26 Å². The Morgan fingerprint density at radius 3 is 2.33 bits per heavy atom. The van der Waals surface area contributed by atoms with E-state index in [1.807, 2.05) is 36.4 Å². The van der Waals surface area contributed by atoms with E-state index in [4.69, 9.17) is 23.2 Å². The Bertz CT molecular complexity index is 2260. The number of anilines is 2. The largest absolute Gasteiger partial charge is 0.321 e. The molecule has 0 fully saturated rings. The van der Waals surface area contributed by atoms with Crippen LogP contribution in [0.25, 0.3) is 6.08 Å². The van der Waals surface area contributed by atoms with Crippen LogP contribution in [0.2, 0.25) is 10.0 Å². The zero-order valence-electron chi connectivity index (χ0n) is 29.9. The topological polar surface area (TPSA) is 111 Å². The Labute approximate surface area is 333 Å². The number of thioether (sulfide) groups is 1. The third kappa shape index (κ3) is 9.26. The van der Waals surface area contributed by atoms with Crippen LogP contribution in [0.5, 0.6) is 0 Å². The monoisotopic (exact) mass is 792 g/mol. The maximum Gasteiger partial charge on any atom is 0.272 e. The van der Waals surface area contributed by atoms with Gasteiger partial charge in [-0.25, -0.2) is 0 Å². The number of thiophene rings is 1. The Hall–Kier alpha value is -4.85. The lowest BCUT2D eigenvalue weighted by molar-refractivity contribution is -0.116. The van der Waals surface area contributed by atoms with E-state index < -0.39 is 17.1 Å². The molecule has 4 aromatic carbocycles. The number of amides is 3. The zero-order valence-corrected chi connectivity index (χ0v) is 33.1. The Balaban J connectivity index is 1.24. The number of fused-ring (bicyclic) bond motifs is 1. The molecule has 5 aromatic rings. The average molecular weight is 794 g/mol. The maximum absolute atomic E-state index is 14.1. The lowest BCUT2D eigenvalue weighted by Gasteiger charge is -2.33. The summed E-state index contributed by atoms with van der Waals surface area (Å²) >= 11 is 15.5. The number of rotatable bonds is 10. The summed E-state index contributed by atoms with van der Waals surface area (Å²) in [5, 5.41) is 19.4. The summed E-state index contributed by atoms with van der Waals surface area (Å²) < 4.78 is 0. The lowest BCUT2D eigenvalue weighted by atomic mass is 9.72. The van der Waals surface area contributed by atoms with E-state index in [1.165, 1.54) is 34.1 Å². The molecule has 0 bridgehead atoms. The Kier molecular flexibility index (Phi) is 12.3. The van der Waals surface area contributed by atoms with Crippen LogP contribution in [0.4, 0.5) is 10.7 Å². The van der Waals surface area contributed by atoms with Crippen molar-refractivity contribution in [3.63, 3.8) is 0 Å². The molecular weight excluding hydrogens is 756 g/mol. The van der Waals surface area contributed by atoms with E-state index in [-0.39, 0.29) is 22.0 Å². The average Bonchev–Trinajstić information content (AvgIpc) is 3.51. The van der Waals surface area contributed by atoms with Crippen LogP contribution >= 0.6 is 46.3 Å². The van der Waals surface area contributed by atoms with Gasteiger partial charge in [-0.15, -0.1) is 23.1 Å². The van der Waals surface area contributed by atoms with Crippen LogP contribution in [-0.4, -0.2) is 17.7 Å². The molecule has 1 aliphatic carbocycles. The van der Waals surface area contributed by atoms with E-state index in [0.29, 0.717) is 43.2 Å². The maximum atomic E-state index is 14.1. The van der Waals surface area contributed by atoms with Gasteiger partial charge in [0.05, 0.1) is 15.6 Å². The van der Waals surface area contributed by atoms with Gasteiger partial charge in [0.2, 0.25) is 5.91 Å². The lowest BCUT2D eigenvalue weighted by Crippen LogP contribution is -2.30. The first kappa shape index (κ1) is 38.9. The number of hydrogen-bond acceptors (Lipinski definition) is 6. The highest BCUT2D eigenvalue weighted by Gasteiger charge is 2.33. The second-order valence-electron chi connectivity index (χ2n) is 14.0. The molecule has 0 spiro atoms. The van der Waals surface area contributed by atoms with Gasteiger partial charge in [0, 0.05) is 21.0 Å². The molecule has 0 saturated carbocycles. The van der Waals surface area contributed by atoms with Gasteiger partial charge >= 0.3 is 0 Å². The summed E-state index contributed by atoms with van der Waals surface area (Å²) in [4.78, 5) is 43.0. The van der Waals surface area contributed by atoms with E-state index >= 15 is 0 Å². The van der Waals surface area contributed by atoms with E-state index in [2.05, 4.69) is 42.8 Å². The molecule has 0 radical (unpaired) electrons. The highest BCUT2D eigenvalue weighted by molar-refractivity contribution is 8.00. The Morgan fingerprint density at radius 1 is 0.926 bits per heavy atom. The number of nitrogens with one attached hydrogen (secondary N) is 3. The number of halogens is 2. The SMILES string of the molecule is CC(C)(C)C1CCc2c(sc(NC(=O)C(Sc3cccc(NC(=O)/C(=C\c4cccc(Cl)c4Cl)NC(=O)c4ccccc4)c3)c3ccccc3)c2C#N)C1. The summed E-state index contributed by atoms with van der Waals surface area (Å²) in [6.07, 6.45) is 4.19. The molecule has 2 unspecified atom stereocenters. The predicted octanol–water partition coefficient (Wildman–Crippen LogP) is 11.0. The number of nitrogens with zero attached hydrogens (tertiary/aromatic N) is 1. The molecule has 3 amide bonds. The minimum absolute atomic E-state index is 0.0478. The van der Waals surface area contributed by atoms with Gasteiger partial charge in [-0.2, -0.15) is 5.26 Å². The van der Waals surface area contributed by atoms with Crippen molar-refractivity contribution in [2.75, 3.05) is 10.6 Å². The van der Waals surface area contributed by atoms with Crippen LogP contribution in [0.1, 0.15) is 69.9 Å². The summed E-state index contributed by atoms with van der Waals surface area (Å²) in [5.41, 5.74) is 3.76. The third-order valence-electron chi connectivity index (χ3n) is 9.33.